The standard InChI is InChI=1S/C37H36N2O4/c1-21-18-36(4,5)20-37(19-21,26-8-12-32-28(16-26)38-34(42-32)24-6-10-30(40)22(2)14-24)27-9-13-33-29(17-27)39-35(43-33)25-7-11-31(41)23(3)15-25/h6-17,21,40-41H,18-20H2,1-5H3. The fraction of sp³-hybridized carbons (Fsp3) is 0.297. The number of rotatable bonds is 4. The summed E-state index contributed by atoms with van der Waals surface area (Å²) in [6.45, 7) is 10.8. The first-order valence-electron chi connectivity index (χ1n) is 14.9. The van der Waals surface area contributed by atoms with Gasteiger partial charge in [-0.1, -0.05) is 32.9 Å². The fourth-order valence-electron chi connectivity index (χ4n) is 7.45. The van der Waals surface area contributed by atoms with Gasteiger partial charge >= 0.3 is 0 Å². The van der Waals surface area contributed by atoms with E-state index in [0.29, 0.717) is 17.7 Å². The lowest BCUT2D eigenvalue weighted by Gasteiger charge is -2.48. The Labute approximate surface area is 251 Å². The van der Waals surface area contributed by atoms with Crippen LogP contribution in [0.5, 0.6) is 11.5 Å². The number of aromatic hydroxyl groups is 2. The average molecular weight is 573 g/mol. The van der Waals surface area contributed by atoms with E-state index in [9.17, 15) is 10.2 Å². The first-order valence-corrected chi connectivity index (χ1v) is 14.9. The molecule has 0 saturated heterocycles. The third-order valence-corrected chi connectivity index (χ3v) is 9.15. The molecule has 2 aromatic heterocycles. The Morgan fingerprint density at radius 1 is 0.674 bits per heavy atom. The second-order valence-electron chi connectivity index (χ2n) is 13.3. The van der Waals surface area contributed by atoms with Gasteiger partial charge in [-0.2, -0.15) is 0 Å². The van der Waals surface area contributed by atoms with Gasteiger partial charge in [-0.15, -0.1) is 0 Å². The number of nitrogens with zero attached hydrogens (tertiary/aromatic N) is 2. The van der Waals surface area contributed by atoms with Crippen molar-refractivity contribution in [1.82, 2.24) is 9.97 Å². The number of fused-ring (bicyclic) bond motifs is 2. The van der Waals surface area contributed by atoms with Crippen molar-refractivity contribution in [2.45, 2.75) is 59.3 Å². The zero-order valence-corrected chi connectivity index (χ0v) is 25.2. The highest BCUT2D eigenvalue weighted by Gasteiger charge is 2.45. The SMILES string of the molecule is Cc1cc(-c2nc3cc(C4(c5ccc6oc(-c7ccc(O)c(C)c7)nc6c5)CC(C)CC(C)(C)C4)ccc3o2)ccc1O. The summed E-state index contributed by atoms with van der Waals surface area (Å²) in [6.07, 6.45) is 3.17. The predicted octanol–water partition coefficient (Wildman–Crippen LogP) is 9.46. The minimum absolute atomic E-state index is 0.138. The molecule has 0 amide bonds. The summed E-state index contributed by atoms with van der Waals surface area (Å²) in [6, 6.07) is 23.7. The normalized spacial score (nSPS) is 17.9. The zero-order chi connectivity index (χ0) is 30.1. The Bertz CT molecular complexity index is 1890. The second-order valence-corrected chi connectivity index (χ2v) is 13.3. The Morgan fingerprint density at radius 2 is 1.16 bits per heavy atom. The lowest BCUT2D eigenvalue weighted by Crippen LogP contribution is -2.41. The summed E-state index contributed by atoms with van der Waals surface area (Å²) in [4.78, 5) is 9.79. The van der Waals surface area contributed by atoms with Crippen LogP contribution in [0.4, 0.5) is 0 Å². The van der Waals surface area contributed by atoms with E-state index in [1.165, 1.54) is 17.5 Å². The quantitative estimate of drug-likeness (QED) is 0.219. The maximum atomic E-state index is 9.99. The molecule has 0 aliphatic heterocycles. The Hall–Kier alpha value is -4.58. The highest BCUT2D eigenvalue weighted by Crippen LogP contribution is 2.54. The molecule has 1 unspecified atom stereocenters. The van der Waals surface area contributed by atoms with Crippen molar-refractivity contribution in [3.8, 4) is 34.4 Å². The van der Waals surface area contributed by atoms with Crippen molar-refractivity contribution < 1.29 is 19.0 Å². The van der Waals surface area contributed by atoms with Crippen LogP contribution in [0, 0.1) is 25.2 Å². The highest BCUT2D eigenvalue weighted by atomic mass is 16.4. The van der Waals surface area contributed by atoms with Crippen LogP contribution in [0.3, 0.4) is 0 Å². The van der Waals surface area contributed by atoms with Crippen molar-refractivity contribution in [2.24, 2.45) is 11.3 Å². The molecule has 6 nitrogen and oxygen atoms in total. The van der Waals surface area contributed by atoms with Crippen molar-refractivity contribution in [3.63, 3.8) is 0 Å². The van der Waals surface area contributed by atoms with Crippen LogP contribution in [0.2, 0.25) is 0 Å². The van der Waals surface area contributed by atoms with Crippen molar-refractivity contribution in [1.29, 1.82) is 0 Å². The molecule has 4 aromatic carbocycles. The van der Waals surface area contributed by atoms with Crippen LogP contribution in [-0.2, 0) is 5.41 Å². The first kappa shape index (κ1) is 27.3. The monoisotopic (exact) mass is 572 g/mol. The lowest BCUT2D eigenvalue weighted by molar-refractivity contribution is 0.127. The van der Waals surface area contributed by atoms with E-state index < -0.39 is 0 Å². The summed E-state index contributed by atoms with van der Waals surface area (Å²) in [5.74, 6) is 2.13. The van der Waals surface area contributed by atoms with Gasteiger partial charge in [0.1, 0.15) is 22.5 Å². The van der Waals surface area contributed by atoms with E-state index in [-0.39, 0.29) is 22.3 Å². The van der Waals surface area contributed by atoms with E-state index in [2.05, 4.69) is 45.0 Å². The molecule has 0 spiro atoms. The van der Waals surface area contributed by atoms with E-state index >= 15 is 0 Å². The van der Waals surface area contributed by atoms with Crippen molar-refractivity contribution in [2.75, 3.05) is 0 Å². The lowest BCUT2D eigenvalue weighted by atomic mass is 9.55. The molecule has 1 aliphatic carbocycles. The molecular formula is C37H36N2O4. The van der Waals surface area contributed by atoms with Gasteiger partial charge in [-0.05, 0) is 127 Å². The molecule has 7 rings (SSSR count). The molecule has 1 atom stereocenters. The topological polar surface area (TPSA) is 92.5 Å². The van der Waals surface area contributed by atoms with Gasteiger partial charge in [-0.3, -0.25) is 0 Å². The van der Waals surface area contributed by atoms with E-state index in [1.54, 1.807) is 12.1 Å². The van der Waals surface area contributed by atoms with Crippen LogP contribution in [0.25, 0.3) is 45.1 Å². The summed E-state index contributed by atoms with van der Waals surface area (Å²) >= 11 is 0. The molecule has 2 heterocycles. The summed E-state index contributed by atoms with van der Waals surface area (Å²) in [5.41, 5.74) is 8.70. The number of phenols is 2. The molecule has 1 aliphatic rings. The van der Waals surface area contributed by atoms with Crippen molar-refractivity contribution in [3.05, 3.63) is 95.1 Å². The Morgan fingerprint density at radius 3 is 1.60 bits per heavy atom. The zero-order valence-electron chi connectivity index (χ0n) is 25.2. The largest absolute Gasteiger partial charge is 0.508 e. The minimum atomic E-state index is -0.244. The van der Waals surface area contributed by atoms with Gasteiger partial charge in [0, 0.05) is 16.5 Å². The number of aromatic nitrogens is 2. The van der Waals surface area contributed by atoms with Gasteiger partial charge in [0.25, 0.3) is 0 Å². The average Bonchev–Trinajstić information content (AvgIpc) is 3.58. The molecule has 0 bridgehead atoms. The van der Waals surface area contributed by atoms with Crippen LogP contribution < -0.4 is 0 Å². The third-order valence-electron chi connectivity index (χ3n) is 9.15. The summed E-state index contributed by atoms with van der Waals surface area (Å²) in [5, 5.41) is 20.0. The highest BCUT2D eigenvalue weighted by molar-refractivity contribution is 5.80. The Balaban J connectivity index is 1.35. The fourth-order valence-corrected chi connectivity index (χ4v) is 7.45. The molecule has 218 valence electrons. The number of benzene rings is 4. The van der Waals surface area contributed by atoms with Crippen molar-refractivity contribution >= 4 is 22.2 Å². The van der Waals surface area contributed by atoms with Gasteiger partial charge in [0.2, 0.25) is 11.8 Å². The maximum absolute atomic E-state index is 9.99. The molecule has 0 radical (unpaired) electrons. The number of oxazole rings is 2. The van der Waals surface area contributed by atoms with E-state index in [1.807, 2.05) is 50.2 Å². The number of hydrogen-bond donors (Lipinski definition) is 2. The van der Waals surface area contributed by atoms with Crippen LogP contribution in [-0.4, -0.2) is 20.2 Å². The minimum Gasteiger partial charge on any atom is -0.508 e. The molecule has 43 heavy (non-hydrogen) atoms. The number of hydrogen-bond acceptors (Lipinski definition) is 6. The molecule has 1 fully saturated rings. The van der Waals surface area contributed by atoms with Gasteiger partial charge in [-0.25, -0.2) is 9.97 Å². The van der Waals surface area contributed by atoms with Crippen LogP contribution in [0.1, 0.15) is 62.3 Å². The summed E-state index contributed by atoms with van der Waals surface area (Å²) < 4.78 is 12.4. The molecule has 6 aromatic rings. The molecule has 1 saturated carbocycles. The predicted molar refractivity (Wildman–Crippen MR) is 169 cm³/mol. The van der Waals surface area contributed by atoms with Gasteiger partial charge in [0.05, 0.1) is 0 Å². The van der Waals surface area contributed by atoms with Gasteiger partial charge in [0.15, 0.2) is 11.2 Å². The molecule has 2 N–H and O–H groups in total. The van der Waals surface area contributed by atoms with Crippen LogP contribution in [0.15, 0.2) is 81.6 Å². The molecule has 6 heteroatoms. The van der Waals surface area contributed by atoms with E-state index in [4.69, 9.17) is 18.8 Å². The third kappa shape index (κ3) is 4.75. The maximum Gasteiger partial charge on any atom is 0.227 e. The van der Waals surface area contributed by atoms with Gasteiger partial charge < -0.3 is 19.0 Å². The first-order chi connectivity index (χ1) is 20.5. The molecular weight excluding hydrogens is 536 g/mol. The number of phenolic OH excluding ortho intramolecular Hbond substituents is 2. The number of aryl methyl sites for hydroxylation is 2. The second kappa shape index (κ2) is 9.73. The summed E-state index contributed by atoms with van der Waals surface area (Å²) in [7, 11) is 0. The van der Waals surface area contributed by atoms with Crippen LogP contribution >= 0.6 is 0 Å². The Kier molecular flexibility index (Phi) is 6.17. The van der Waals surface area contributed by atoms with E-state index in [0.717, 1.165) is 57.3 Å². The smallest absolute Gasteiger partial charge is 0.227 e.